The van der Waals surface area contributed by atoms with E-state index in [0.717, 1.165) is 50.4 Å². The summed E-state index contributed by atoms with van der Waals surface area (Å²) in [4.78, 5) is 15.7. The van der Waals surface area contributed by atoms with Gasteiger partial charge in [0.15, 0.2) is 0 Å². The Hall–Kier alpha value is -2.37. The third-order valence-electron chi connectivity index (χ3n) is 8.56. The number of amides is 1. The molecule has 4 aliphatic rings. The van der Waals surface area contributed by atoms with Gasteiger partial charge < -0.3 is 14.8 Å². The van der Waals surface area contributed by atoms with E-state index in [2.05, 4.69) is 28.4 Å². The van der Waals surface area contributed by atoms with E-state index in [1.54, 1.807) is 0 Å². The molecule has 1 unspecified atom stereocenters. The Morgan fingerprint density at radius 2 is 1.86 bits per heavy atom. The highest BCUT2D eigenvalue weighted by atomic mass is 16.5. The molecule has 36 heavy (non-hydrogen) atoms. The summed E-state index contributed by atoms with van der Waals surface area (Å²) in [5.74, 6) is 1.74. The highest BCUT2D eigenvalue weighted by Crippen LogP contribution is 2.38. The maximum absolute atomic E-state index is 12.9. The lowest BCUT2D eigenvalue weighted by Crippen LogP contribution is -2.39. The molecule has 2 saturated heterocycles. The lowest BCUT2D eigenvalue weighted by molar-refractivity contribution is 0.0679. The number of carbonyl (C=O) groups is 1. The molecule has 5 heteroatoms. The maximum Gasteiger partial charge on any atom is 0.251 e. The lowest BCUT2D eigenvalue weighted by atomic mass is 9.85. The minimum atomic E-state index is 0.00340. The molecule has 0 radical (unpaired) electrons. The molecule has 2 aliphatic heterocycles. The van der Waals surface area contributed by atoms with Crippen LogP contribution >= 0.6 is 0 Å². The van der Waals surface area contributed by atoms with Crippen LogP contribution in [0.5, 0.6) is 5.75 Å². The van der Waals surface area contributed by atoms with Crippen molar-refractivity contribution in [1.82, 2.24) is 10.2 Å². The minimum absolute atomic E-state index is 0.00340. The van der Waals surface area contributed by atoms with Gasteiger partial charge in [0.2, 0.25) is 0 Å². The van der Waals surface area contributed by atoms with Crippen LogP contribution in [-0.2, 0) is 17.6 Å². The number of piperidine rings is 1. The Balaban J connectivity index is 1.03. The molecule has 2 aromatic carbocycles. The van der Waals surface area contributed by atoms with Gasteiger partial charge in [-0.3, -0.25) is 9.69 Å². The summed E-state index contributed by atoms with van der Waals surface area (Å²) in [5.41, 5.74) is 5.09. The molecular weight excluding hydrogens is 448 g/mol. The molecule has 1 amide bonds. The number of likely N-dealkylation sites (tertiary alicyclic amines) is 1. The van der Waals surface area contributed by atoms with Crippen molar-refractivity contribution in [2.45, 2.75) is 82.4 Å². The lowest BCUT2D eigenvalue weighted by Gasteiger charge is -2.37. The molecule has 2 aliphatic carbocycles. The van der Waals surface area contributed by atoms with E-state index < -0.39 is 0 Å². The standard InChI is InChI=1S/C31H40N2O3/c34-31(23-11-14-28(15-12-23)36-21-29-4-3-17-35-29)32-27-13-10-24-18-26(9-8-25(24)19-27)30-5-1-2-16-33(30)20-22-6-7-22/h8-9,11-12,14-15,18,22,27,29-30H,1-7,10,13,16-17,19-21H2,(H,32,34)/t27-,29-,30?/m0/s1. The second-order valence-electron chi connectivity index (χ2n) is 11.4. The number of aryl methyl sites for hydroxylation is 1. The highest BCUT2D eigenvalue weighted by Gasteiger charge is 2.31. The van der Waals surface area contributed by atoms with Crippen LogP contribution in [0.2, 0.25) is 0 Å². The van der Waals surface area contributed by atoms with Gasteiger partial charge >= 0.3 is 0 Å². The molecule has 3 fully saturated rings. The first kappa shape index (κ1) is 24.0. The third-order valence-corrected chi connectivity index (χ3v) is 8.56. The van der Waals surface area contributed by atoms with Crippen molar-refractivity contribution in [3.05, 3.63) is 64.7 Å². The summed E-state index contributed by atoms with van der Waals surface area (Å²) in [6, 6.07) is 15.5. The smallest absolute Gasteiger partial charge is 0.251 e. The molecule has 6 rings (SSSR count). The predicted octanol–water partition coefficient (Wildman–Crippen LogP) is 5.47. The number of carbonyl (C=O) groups excluding carboxylic acids is 1. The predicted molar refractivity (Wildman–Crippen MR) is 142 cm³/mol. The number of nitrogens with one attached hydrogen (secondary N) is 1. The number of ether oxygens (including phenoxy) is 2. The van der Waals surface area contributed by atoms with Crippen LogP contribution in [0, 0.1) is 5.92 Å². The Bertz CT molecular complexity index is 1040. The number of benzene rings is 2. The van der Waals surface area contributed by atoms with Crippen molar-refractivity contribution in [2.75, 3.05) is 26.3 Å². The van der Waals surface area contributed by atoms with E-state index in [9.17, 15) is 4.79 Å². The topological polar surface area (TPSA) is 50.8 Å². The fourth-order valence-electron chi connectivity index (χ4n) is 6.26. The zero-order chi connectivity index (χ0) is 24.3. The van der Waals surface area contributed by atoms with Crippen LogP contribution in [0.15, 0.2) is 42.5 Å². The van der Waals surface area contributed by atoms with Crippen LogP contribution in [0.25, 0.3) is 0 Å². The molecular formula is C31H40N2O3. The van der Waals surface area contributed by atoms with Gasteiger partial charge in [-0.15, -0.1) is 0 Å². The fourth-order valence-corrected chi connectivity index (χ4v) is 6.26. The van der Waals surface area contributed by atoms with Crippen LogP contribution in [0.1, 0.15) is 84.5 Å². The monoisotopic (exact) mass is 488 g/mol. The number of hydrogen-bond acceptors (Lipinski definition) is 4. The molecule has 1 N–H and O–H groups in total. The van der Waals surface area contributed by atoms with Crippen molar-refractivity contribution in [3.63, 3.8) is 0 Å². The zero-order valence-corrected chi connectivity index (χ0v) is 21.4. The largest absolute Gasteiger partial charge is 0.491 e. The zero-order valence-electron chi connectivity index (χ0n) is 21.4. The van der Waals surface area contributed by atoms with Gasteiger partial charge in [-0.25, -0.2) is 0 Å². The Morgan fingerprint density at radius 1 is 0.972 bits per heavy atom. The van der Waals surface area contributed by atoms with E-state index in [1.165, 1.54) is 61.9 Å². The molecule has 2 aromatic rings. The fraction of sp³-hybridized carbons (Fsp3) is 0.581. The Kier molecular flexibility index (Phi) is 7.29. The first-order chi connectivity index (χ1) is 17.7. The van der Waals surface area contributed by atoms with E-state index in [4.69, 9.17) is 9.47 Å². The molecule has 0 aromatic heterocycles. The number of hydrogen-bond donors (Lipinski definition) is 1. The van der Waals surface area contributed by atoms with Crippen molar-refractivity contribution >= 4 is 5.91 Å². The normalized spacial score (nSPS) is 26.4. The van der Waals surface area contributed by atoms with Gasteiger partial charge in [-0.1, -0.05) is 24.6 Å². The van der Waals surface area contributed by atoms with Gasteiger partial charge in [0.05, 0.1) is 6.10 Å². The van der Waals surface area contributed by atoms with Crippen molar-refractivity contribution in [2.24, 2.45) is 5.92 Å². The van der Waals surface area contributed by atoms with E-state index in [0.29, 0.717) is 18.2 Å². The van der Waals surface area contributed by atoms with E-state index in [-0.39, 0.29) is 18.1 Å². The van der Waals surface area contributed by atoms with Gasteiger partial charge in [-0.05, 0) is 111 Å². The second kappa shape index (κ2) is 10.9. The maximum atomic E-state index is 12.9. The van der Waals surface area contributed by atoms with Crippen molar-refractivity contribution < 1.29 is 14.3 Å². The SMILES string of the molecule is O=C(N[C@H]1CCc2cc(C3CCCCN3CC3CC3)ccc2C1)c1ccc(OC[C@@H]2CCCO2)cc1. The number of rotatable bonds is 8. The van der Waals surface area contributed by atoms with Gasteiger partial charge in [0.1, 0.15) is 12.4 Å². The van der Waals surface area contributed by atoms with Crippen molar-refractivity contribution in [3.8, 4) is 5.75 Å². The molecule has 3 atom stereocenters. The van der Waals surface area contributed by atoms with Crippen LogP contribution in [0.3, 0.4) is 0 Å². The van der Waals surface area contributed by atoms with Crippen molar-refractivity contribution in [1.29, 1.82) is 0 Å². The second-order valence-corrected chi connectivity index (χ2v) is 11.4. The summed E-state index contributed by atoms with van der Waals surface area (Å²) in [7, 11) is 0. The molecule has 1 saturated carbocycles. The number of nitrogens with zero attached hydrogens (tertiary/aromatic N) is 1. The van der Waals surface area contributed by atoms with E-state index in [1.807, 2.05) is 24.3 Å². The first-order valence-electron chi connectivity index (χ1n) is 14.2. The minimum Gasteiger partial charge on any atom is -0.491 e. The average molecular weight is 489 g/mol. The van der Waals surface area contributed by atoms with Crippen LogP contribution in [0.4, 0.5) is 0 Å². The Labute approximate surface area is 215 Å². The quantitative estimate of drug-likeness (QED) is 0.535. The summed E-state index contributed by atoms with van der Waals surface area (Å²) in [6.45, 7) is 3.96. The molecule has 2 heterocycles. The van der Waals surface area contributed by atoms with Gasteiger partial charge in [0, 0.05) is 30.8 Å². The molecule has 5 nitrogen and oxygen atoms in total. The average Bonchev–Trinajstić information content (AvgIpc) is 3.57. The summed E-state index contributed by atoms with van der Waals surface area (Å²) in [5, 5.41) is 3.28. The summed E-state index contributed by atoms with van der Waals surface area (Å²) < 4.78 is 11.4. The Morgan fingerprint density at radius 3 is 2.67 bits per heavy atom. The highest BCUT2D eigenvalue weighted by molar-refractivity contribution is 5.94. The summed E-state index contributed by atoms with van der Waals surface area (Å²) in [6.07, 6.45) is 12.2. The molecule has 0 spiro atoms. The first-order valence-corrected chi connectivity index (χ1v) is 14.2. The molecule has 192 valence electrons. The van der Waals surface area contributed by atoms with Crippen LogP contribution in [-0.4, -0.2) is 49.3 Å². The van der Waals surface area contributed by atoms with Gasteiger partial charge in [-0.2, -0.15) is 0 Å². The molecule has 0 bridgehead atoms. The summed E-state index contributed by atoms with van der Waals surface area (Å²) >= 11 is 0. The third kappa shape index (κ3) is 5.78. The van der Waals surface area contributed by atoms with E-state index >= 15 is 0 Å². The number of fused-ring (bicyclic) bond motifs is 1. The van der Waals surface area contributed by atoms with Crippen LogP contribution < -0.4 is 10.1 Å². The van der Waals surface area contributed by atoms with Gasteiger partial charge in [0.25, 0.3) is 5.91 Å².